The molecule has 0 aromatic heterocycles. The summed E-state index contributed by atoms with van der Waals surface area (Å²) in [5.41, 5.74) is 4.20. The number of para-hydroxylation sites is 2. The summed E-state index contributed by atoms with van der Waals surface area (Å²) in [7, 11) is 1.69. The molecule has 1 saturated heterocycles. The quantitative estimate of drug-likeness (QED) is 0.494. The van der Waals surface area contributed by atoms with Crippen LogP contribution in [-0.4, -0.2) is 55.6 Å². The minimum absolute atomic E-state index is 0.211. The first-order chi connectivity index (χ1) is 16.6. The highest BCUT2D eigenvalue weighted by Crippen LogP contribution is 2.30. The van der Waals surface area contributed by atoms with Gasteiger partial charge in [0, 0.05) is 31.9 Å². The third kappa shape index (κ3) is 5.34. The molecule has 4 rings (SSSR count). The van der Waals surface area contributed by atoms with Crippen LogP contribution in [0.4, 0.5) is 16.2 Å². The molecule has 1 unspecified atom stereocenters. The summed E-state index contributed by atoms with van der Waals surface area (Å²) in [6.07, 6.45) is 0.412. The fourth-order valence-electron chi connectivity index (χ4n) is 4.77. The van der Waals surface area contributed by atoms with Crippen LogP contribution in [0.5, 0.6) is 5.75 Å². The van der Waals surface area contributed by atoms with Crippen LogP contribution in [0.15, 0.2) is 78.9 Å². The molecular formula is C28H33N3O3. The van der Waals surface area contributed by atoms with Crippen LogP contribution in [0.3, 0.4) is 0 Å². The second-order valence-corrected chi connectivity index (χ2v) is 8.57. The monoisotopic (exact) mass is 459 g/mol. The number of piperazine rings is 1. The van der Waals surface area contributed by atoms with Crippen molar-refractivity contribution in [3.63, 3.8) is 0 Å². The molecule has 1 fully saturated rings. The number of carboxylic acid groups (broad SMARTS) is 1. The van der Waals surface area contributed by atoms with Gasteiger partial charge >= 0.3 is 6.09 Å². The molecule has 1 atom stereocenters. The molecule has 1 N–H and O–H groups in total. The Morgan fingerprint density at radius 1 is 0.912 bits per heavy atom. The second kappa shape index (κ2) is 11.1. The molecule has 0 saturated carbocycles. The Bertz CT molecular complexity index is 1060. The number of hydrogen-bond donors (Lipinski definition) is 1. The summed E-state index contributed by atoms with van der Waals surface area (Å²) in [6.45, 7) is 5.26. The second-order valence-electron chi connectivity index (χ2n) is 8.57. The van der Waals surface area contributed by atoms with E-state index in [0.29, 0.717) is 12.1 Å². The molecule has 3 aromatic carbocycles. The average Bonchev–Trinajstić information content (AvgIpc) is 2.88. The zero-order chi connectivity index (χ0) is 23.9. The number of nitrogens with zero attached hydrogens (tertiary/aromatic N) is 3. The SMILES string of the molecule is CCC(N1CCN(c2ccccc2OC)CC1)N(C(=O)O)c1ccc(Cc2ccccc2)cc1. The van der Waals surface area contributed by atoms with Crippen molar-refractivity contribution in [1.82, 2.24) is 4.90 Å². The molecule has 6 heteroatoms. The Balaban J connectivity index is 1.46. The van der Waals surface area contributed by atoms with E-state index >= 15 is 0 Å². The topological polar surface area (TPSA) is 56.2 Å². The Hall–Kier alpha value is -3.51. The van der Waals surface area contributed by atoms with Crippen molar-refractivity contribution in [2.45, 2.75) is 25.9 Å². The molecule has 1 amide bonds. The highest BCUT2D eigenvalue weighted by molar-refractivity contribution is 5.86. The van der Waals surface area contributed by atoms with Gasteiger partial charge in [0.15, 0.2) is 0 Å². The van der Waals surface area contributed by atoms with Gasteiger partial charge in [-0.2, -0.15) is 0 Å². The van der Waals surface area contributed by atoms with Crippen molar-refractivity contribution < 1.29 is 14.6 Å². The van der Waals surface area contributed by atoms with Crippen molar-refractivity contribution in [1.29, 1.82) is 0 Å². The van der Waals surface area contributed by atoms with Gasteiger partial charge in [-0.1, -0.05) is 61.5 Å². The van der Waals surface area contributed by atoms with E-state index in [0.717, 1.165) is 44.0 Å². The number of methoxy groups -OCH3 is 1. The normalized spacial score (nSPS) is 15.1. The predicted octanol–water partition coefficient (Wildman–Crippen LogP) is 5.33. The van der Waals surface area contributed by atoms with Crippen molar-refractivity contribution >= 4 is 17.5 Å². The van der Waals surface area contributed by atoms with Crippen LogP contribution < -0.4 is 14.5 Å². The largest absolute Gasteiger partial charge is 0.495 e. The molecule has 3 aromatic rings. The van der Waals surface area contributed by atoms with Crippen LogP contribution >= 0.6 is 0 Å². The van der Waals surface area contributed by atoms with Gasteiger partial charge in [0.2, 0.25) is 0 Å². The molecule has 0 spiro atoms. The molecule has 0 bridgehead atoms. The van der Waals surface area contributed by atoms with Gasteiger partial charge < -0.3 is 14.7 Å². The molecular weight excluding hydrogens is 426 g/mol. The summed E-state index contributed by atoms with van der Waals surface area (Å²) in [4.78, 5) is 18.5. The van der Waals surface area contributed by atoms with E-state index in [1.807, 2.05) is 60.7 Å². The molecule has 6 nitrogen and oxygen atoms in total. The molecule has 0 radical (unpaired) electrons. The van der Waals surface area contributed by atoms with Crippen molar-refractivity contribution in [2.75, 3.05) is 43.1 Å². The van der Waals surface area contributed by atoms with Crippen LogP contribution in [0, 0.1) is 0 Å². The highest BCUT2D eigenvalue weighted by atomic mass is 16.5. The molecule has 34 heavy (non-hydrogen) atoms. The maximum Gasteiger partial charge on any atom is 0.413 e. The minimum atomic E-state index is -0.921. The lowest BCUT2D eigenvalue weighted by molar-refractivity contribution is 0.154. The lowest BCUT2D eigenvalue weighted by Gasteiger charge is -2.43. The van der Waals surface area contributed by atoms with E-state index in [1.165, 1.54) is 16.0 Å². The number of carbonyl (C=O) groups is 1. The van der Waals surface area contributed by atoms with E-state index in [4.69, 9.17) is 4.74 Å². The van der Waals surface area contributed by atoms with Gasteiger partial charge in [-0.15, -0.1) is 0 Å². The smallest absolute Gasteiger partial charge is 0.413 e. The average molecular weight is 460 g/mol. The van der Waals surface area contributed by atoms with E-state index in [9.17, 15) is 9.90 Å². The fourth-order valence-corrected chi connectivity index (χ4v) is 4.77. The zero-order valence-corrected chi connectivity index (χ0v) is 19.9. The van der Waals surface area contributed by atoms with Gasteiger partial charge in [-0.3, -0.25) is 9.80 Å². The third-order valence-electron chi connectivity index (χ3n) is 6.50. The first-order valence-electron chi connectivity index (χ1n) is 11.9. The summed E-state index contributed by atoms with van der Waals surface area (Å²) in [5, 5.41) is 10.1. The molecule has 1 aliphatic rings. The van der Waals surface area contributed by atoms with Crippen LogP contribution in [-0.2, 0) is 6.42 Å². The van der Waals surface area contributed by atoms with Crippen LogP contribution in [0.25, 0.3) is 0 Å². The Labute approximate surface area is 202 Å². The molecule has 1 aliphatic heterocycles. The summed E-state index contributed by atoms with van der Waals surface area (Å²) in [6, 6.07) is 26.3. The van der Waals surface area contributed by atoms with E-state index in [2.05, 4.69) is 34.9 Å². The molecule has 0 aliphatic carbocycles. The van der Waals surface area contributed by atoms with Crippen molar-refractivity contribution in [2.24, 2.45) is 0 Å². The first-order valence-corrected chi connectivity index (χ1v) is 11.9. The van der Waals surface area contributed by atoms with E-state index in [-0.39, 0.29) is 6.17 Å². The third-order valence-corrected chi connectivity index (χ3v) is 6.50. The molecule has 178 valence electrons. The number of ether oxygens (including phenoxy) is 1. The summed E-state index contributed by atoms with van der Waals surface area (Å²) < 4.78 is 5.53. The number of benzene rings is 3. The van der Waals surface area contributed by atoms with Crippen LogP contribution in [0.1, 0.15) is 24.5 Å². The number of hydrogen-bond acceptors (Lipinski definition) is 4. The Kier molecular flexibility index (Phi) is 7.70. The van der Waals surface area contributed by atoms with Gasteiger partial charge in [0.25, 0.3) is 0 Å². The maximum atomic E-state index is 12.4. The Morgan fingerprint density at radius 3 is 2.15 bits per heavy atom. The lowest BCUT2D eigenvalue weighted by atomic mass is 10.0. The molecule has 1 heterocycles. The van der Waals surface area contributed by atoms with Gasteiger partial charge in [0.1, 0.15) is 5.75 Å². The van der Waals surface area contributed by atoms with Crippen LogP contribution in [0.2, 0.25) is 0 Å². The standard InChI is InChI=1S/C28H33N3O3/c1-3-27(30-19-17-29(18-20-30)25-11-7-8-12-26(25)34-2)31(28(32)33)24-15-13-23(14-16-24)21-22-9-5-4-6-10-22/h4-16,27H,3,17-21H2,1-2H3,(H,32,33). The summed E-state index contributed by atoms with van der Waals surface area (Å²) in [5.74, 6) is 0.866. The fraction of sp³-hybridized carbons (Fsp3) is 0.321. The van der Waals surface area contributed by atoms with Crippen molar-refractivity contribution in [3.8, 4) is 5.75 Å². The van der Waals surface area contributed by atoms with Gasteiger partial charge in [0.05, 0.1) is 19.0 Å². The van der Waals surface area contributed by atoms with Gasteiger partial charge in [-0.05, 0) is 48.2 Å². The predicted molar refractivity (Wildman–Crippen MR) is 137 cm³/mol. The van der Waals surface area contributed by atoms with E-state index in [1.54, 1.807) is 7.11 Å². The minimum Gasteiger partial charge on any atom is -0.495 e. The highest BCUT2D eigenvalue weighted by Gasteiger charge is 2.31. The maximum absolute atomic E-state index is 12.4. The summed E-state index contributed by atoms with van der Waals surface area (Å²) >= 11 is 0. The number of amides is 1. The Morgan fingerprint density at radius 2 is 1.53 bits per heavy atom. The lowest BCUT2D eigenvalue weighted by Crippen LogP contribution is -2.57. The number of anilines is 2. The van der Waals surface area contributed by atoms with Crippen molar-refractivity contribution in [3.05, 3.63) is 90.0 Å². The number of rotatable bonds is 8. The van der Waals surface area contributed by atoms with E-state index < -0.39 is 6.09 Å². The first kappa shape index (κ1) is 23.6. The van der Waals surface area contributed by atoms with Gasteiger partial charge in [-0.25, -0.2) is 4.79 Å². The zero-order valence-electron chi connectivity index (χ0n) is 19.9.